The maximum Gasteiger partial charge on any atom is 0.311 e. The van der Waals surface area contributed by atoms with Crippen molar-refractivity contribution in [2.45, 2.75) is 25.7 Å². The van der Waals surface area contributed by atoms with Crippen molar-refractivity contribution in [2.24, 2.45) is 0 Å². The molecule has 3 rings (SSSR count). The molecule has 1 aliphatic heterocycles. The fraction of sp³-hybridized carbons (Fsp3) is 0.438. The minimum atomic E-state index is -3.58. The lowest BCUT2D eigenvalue weighted by Gasteiger charge is -2.33. The first-order chi connectivity index (χ1) is 11.8. The molecule has 1 aromatic carbocycles. The first kappa shape index (κ1) is 17.6. The highest BCUT2D eigenvalue weighted by molar-refractivity contribution is 7.89. The van der Waals surface area contributed by atoms with Gasteiger partial charge in [0, 0.05) is 33.1 Å². The Morgan fingerprint density at radius 2 is 1.76 bits per heavy atom. The molecule has 25 heavy (non-hydrogen) atoms. The van der Waals surface area contributed by atoms with E-state index in [4.69, 9.17) is 4.42 Å². The summed E-state index contributed by atoms with van der Waals surface area (Å²) in [4.78, 5) is 14.1. The summed E-state index contributed by atoms with van der Waals surface area (Å²) in [7, 11) is -3.58. The fourth-order valence-corrected chi connectivity index (χ4v) is 4.51. The normalized spacial score (nSPS) is 16.2. The SMILES string of the molecule is Cc1ccc(C)c(S(=O)(=O)N2CCN(C(=O)c3nnc(C)o3)CC2)c1. The molecule has 0 bridgehead atoms. The van der Waals surface area contributed by atoms with Crippen LogP contribution in [0.2, 0.25) is 0 Å². The number of nitrogens with zero attached hydrogens (tertiary/aromatic N) is 4. The van der Waals surface area contributed by atoms with Gasteiger partial charge in [0.2, 0.25) is 15.9 Å². The summed E-state index contributed by atoms with van der Waals surface area (Å²) in [6, 6.07) is 5.38. The van der Waals surface area contributed by atoms with Crippen molar-refractivity contribution in [3.05, 3.63) is 41.1 Å². The quantitative estimate of drug-likeness (QED) is 0.810. The predicted molar refractivity (Wildman–Crippen MR) is 89.6 cm³/mol. The van der Waals surface area contributed by atoms with Gasteiger partial charge in [0.15, 0.2) is 0 Å². The maximum absolute atomic E-state index is 12.9. The van der Waals surface area contributed by atoms with E-state index in [1.54, 1.807) is 26.0 Å². The van der Waals surface area contributed by atoms with Crippen LogP contribution >= 0.6 is 0 Å². The molecule has 0 N–H and O–H groups in total. The van der Waals surface area contributed by atoms with E-state index < -0.39 is 10.0 Å². The molecule has 0 spiro atoms. The van der Waals surface area contributed by atoms with Crippen molar-refractivity contribution in [2.75, 3.05) is 26.2 Å². The van der Waals surface area contributed by atoms with Gasteiger partial charge in [-0.05, 0) is 31.0 Å². The molecule has 0 radical (unpaired) electrons. The lowest BCUT2D eigenvalue weighted by molar-refractivity contribution is 0.0656. The number of rotatable bonds is 3. The van der Waals surface area contributed by atoms with Crippen molar-refractivity contribution in [1.29, 1.82) is 0 Å². The van der Waals surface area contributed by atoms with Crippen LogP contribution in [-0.2, 0) is 10.0 Å². The highest BCUT2D eigenvalue weighted by Gasteiger charge is 2.32. The lowest BCUT2D eigenvalue weighted by atomic mass is 10.2. The van der Waals surface area contributed by atoms with Gasteiger partial charge in [0.1, 0.15) is 0 Å². The van der Waals surface area contributed by atoms with Crippen LogP contribution in [0.5, 0.6) is 0 Å². The van der Waals surface area contributed by atoms with E-state index in [2.05, 4.69) is 10.2 Å². The van der Waals surface area contributed by atoms with E-state index in [9.17, 15) is 13.2 Å². The van der Waals surface area contributed by atoms with Crippen molar-refractivity contribution >= 4 is 15.9 Å². The maximum atomic E-state index is 12.9. The largest absolute Gasteiger partial charge is 0.417 e. The number of hydrogen-bond acceptors (Lipinski definition) is 6. The number of piperazine rings is 1. The lowest BCUT2D eigenvalue weighted by Crippen LogP contribution is -2.50. The predicted octanol–water partition coefficient (Wildman–Crippen LogP) is 1.14. The van der Waals surface area contributed by atoms with E-state index in [1.807, 2.05) is 13.0 Å². The van der Waals surface area contributed by atoms with Crippen LogP contribution in [0.1, 0.15) is 27.7 Å². The Balaban J connectivity index is 1.73. The zero-order chi connectivity index (χ0) is 18.2. The van der Waals surface area contributed by atoms with Crippen molar-refractivity contribution in [1.82, 2.24) is 19.4 Å². The van der Waals surface area contributed by atoms with E-state index >= 15 is 0 Å². The molecule has 2 heterocycles. The Morgan fingerprint density at radius 3 is 2.36 bits per heavy atom. The van der Waals surface area contributed by atoms with Crippen LogP contribution in [0, 0.1) is 20.8 Å². The molecule has 1 amide bonds. The zero-order valence-electron chi connectivity index (χ0n) is 14.4. The zero-order valence-corrected chi connectivity index (χ0v) is 15.2. The molecule has 9 heteroatoms. The molecule has 1 aliphatic rings. The highest BCUT2D eigenvalue weighted by atomic mass is 32.2. The summed E-state index contributed by atoms with van der Waals surface area (Å²) in [5, 5.41) is 7.36. The molecule has 2 aromatic rings. The summed E-state index contributed by atoms with van der Waals surface area (Å²) < 4.78 is 32.3. The third-order valence-corrected chi connectivity index (χ3v) is 6.24. The van der Waals surface area contributed by atoms with Gasteiger partial charge in [-0.15, -0.1) is 10.2 Å². The standard InChI is InChI=1S/C16H20N4O4S/c1-11-4-5-12(2)14(10-11)25(22,23)20-8-6-19(7-9-20)16(21)15-18-17-13(3)24-15/h4-5,10H,6-9H2,1-3H3. The van der Waals surface area contributed by atoms with Crippen LogP contribution in [-0.4, -0.2) is 59.9 Å². The van der Waals surface area contributed by atoms with Gasteiger partial charge in [-0.1, -0.05) is 12.1 Å². The number of carbonyl (C=O) groups is 1. The highest BCUT2D eigenvalue weighted by Crippen LogP contribution is 2.22. The van der Waals surface area contributed by atoms with E-state index in [-0.39, 0.29) is 38.0 Å². The second-order valence-electron chi connectivity index (χ2n) is 6.09. The van der Waals surface area contributed by atoms with Crippen LogP contribution in [0.25, 0.3) is 0 Å². The molecular weight excluding hydrogens is 344 g/mol. The summed E-state index contributed by atoms with van der Waals surface area (Å²) in [5.41, 5.74) is 1.61. The van der Waals surface area contributed by atoms with E-state index in [1.165, 1.54) is 9.21 Å². The van der Waals surface area contributed by atoms with Crippen molar-refractivity contribution in [3.8, 4) is 0 Å². The van der Waals surface area contributed by atoms with Gasteiger partial charge in [-0.25, -0.2) is 8.42 Å². The number of aromatic nitrogens is 2. The molecule has 1 aromatic heterocycles. The topological polar surface area (TPSA) is 96.6 Å². The molecule has 0 aliphatic carbocycles. The summed E-state index contributed by atoms with van der Waals surface area (Å²) in [5.74, 6) is -0.118. The average molecular weight is 364 g/mol. The van der Waals surface area contributed by atoms with Crippen LogP contribution < -0.4 is 0 Å². The molecule has 8 nitrogen and oxygen atoms in total. The molecule has 1 fully saturated rings. The summed E-state index contributed by atoms with van der Waals surface area (Å²) in [6.45, 7) is 6.28. The molecule has 134 valence electrons. The first-order valence-corrected chi connectivity index (χ1v) is 9.40. The molecule has 1 saturated heterocycles. The number of benzene rings is 1. The second kappa shape index (κ2) is 6.57. The minimum Gasteiger partial charge on any atom is -0.417 e. The monoisotopic (exact) mass is 364 g/mol. The summed E-state index contributed by atoms with van der Waals surface area (Å²) >= 11 is 0. The van der Waals surface area contributed by atoms with E-state index in [0.29, 0.717) is 16.3 Å². The van der Waals surface area contributed by atoms with Crippen molar-refractivity contribution in [3.63, 3.8) is 0 Å². The smallest absolute Gasteiger partial charge is 0.311 e. The van der Waals surface area contributed by atoms with Crippen LogP contribution in [0.3, 0.4) is 0 Å². The third-order valence-electron chi connectivity index (χ3n) is 4.20. The number of hydrogen-bond donors (Lipinski definition) is 0. The number of amides is 1. The van der Waals surface area contributed by atoms with Crippen LogP contribution in [0.4, 0.5) is 0 Å². The number of aryl methyl sites for hydroxylation is 3. The number of sulfonamides is 1. The molecule has 0 saturated carbocycles. The molecule has 0 unspecified atom stereocenters. The van der Waals surface area contributed by atoms with Gasteiger partial charge in [0.25, 0.3) is 0 Å². The Labute approximate surface area is 146 Å². The van der Waals surface area contributed by atoms with Gasteiger partial charge < -0.3 is 9.32 Å². The van der Waals surface area contributed by atoms with Gasteiger partial charge in [-0.3, -0.25) is 4.79 Å². The third kappa shape index (κ3) is 3.42. The minimum absolute atomic E-state index is 0.0664. The molecule has 0 atom stereocenters. The fourth-order valence-electron chi connectivity index (χ4n) is 2.77. The average Bonchev–Trinajstić information content (AvgIpc) is 3.03. The van der Waals surface area contributed by atoms with Gasteiger partial charge in [0.05, 0.1) is 4.90 Å². The molecular formula is C16H20N4O4S. The number of carbonyl (C=O) groups excluding carboxylic acids is 1. The van der Waals surface area contributed by atoms with Gasteiger partial charge in [-0.2, -0.15) is 4.31 Å². The Hall–Kier alpha value is -2.26. The second-order valence-corrected chi connectivity index (χ2v) is 8.00. The van der Waals surface area contributed by atoms with Crippen molar-refractivity contribution < 1.29 is 17.6 Å². The van der Waals surface area contributed by atoms with Crippen LogP contribution in [0.15, 0.2) is 27.5 Å². The van der Waals surface area contributed by atoms with E-state index in [0.717, 1.165) is 5.56 Å². The Morgan fingerprint density at radius 1 is 1.08 bits per heavy atom. The van der Waals surface area contributed by atoms with Gasteiger partial charge >= 0.3 is 11.8 Å². The summed E-state index contributed by atoms with van der Waals surface area (Å²) in [6.07, 6.45) is 0. The Bertz CT molecular complexity index is 899. The Kier molecular flexibility index (Phi) is 4.61. The first-order valence-electron chi connectivity index (χ1n) is 7.96.